The zero-order chi connectivity index (χ0) is 13.4. The summed E-state index contributed by atoms with van der Waals surface area (Å²) in [7, 11) is 0.221. The molecule has 1 saturated heterocycles. The highest BCUT2D eigenvalue weighted by molar-refractivity contribution is 7.97. The zero-order valence-corrected chi connectivity index (χ0v) is 12.1. The van der Waals surface area contributed by atoms with Crippen molar-refractivity contribution in [2.75, 3.05) is 30.5 Å². The lowest BCUT2D eigenvalue weighted by Crippen LogP contribution is -2.27. The summed E-state index contributed by atoms with van der Waals surface area (Å²) in [6.45, 7) is 3.89. The van der Waals surface area contributed by atoms with Crippen molar-refractivity contribution in [3.63, 3.8) is 0 Å². The average Bonchev–Trinajstić information content (AvgIpc) is 2.35. The summed E-state index contributed by atoms with van der Waals surface area (Å²) in [5.74, 6) is 2.33. The molecule has 1 fully saturated rings. The summed E-state index contributed by atoms with van der Waals surface area (Å²) in [6, 6.07) is 0. The largest absolute Gasteiger partial charge is 0.462 e. The predicted molar refractivity (Wildman–Crippen MR) is 72.6 cm³/mol. The van der Waals surface area contributed by atoms with Crippen LogP contribution in [0.4, 0.5) is 0 Å². The predicted octanol–water partition coefficient (Wildman–Crippen LogP) is 1.53. The minimum absolute atomic E-state index is 0.135. The van der Waals surface area contributed by atoms with Gasteiger partial charge in [0.1, 0.15) is 24.7 Å². The normalized spacial score (nSPS) is 16.6. The molecule has 18 heavy (non-hydrogen) atoms. The van der Waals surface area contributed by atoms with E-state index >= 15 is 0 Å². The monoisotopic (exact) mass is 275 g/mol. The van der Waals surface area contributed by atoms with Crippen LogP contribution in [0.5, 0.6) is 0 Å². The highest BCUT2D eigenvalue weighted by atomic mass is 32.2. The number of carbonyl (C=O) groups excluding carboxylic acids is 2. The van der Waals surface area contributed by atoms with E-state index in [9.17, 15) is 9.59 Å². The van der Waals surface area contributed by atoms with Gasteiger partial charge in [-0.15, -0.1) is 0 Å². The van der Waals surface area contributed by atoms with Crippen LogP contribution in [0.15, 0.2) is 0 Å². The third-order valence-corrected chi connectivity index (χ3v) is 5.13. The Morgan fingerprint density at radius 3 is 2.28 bits per heavy atom. The van der Waals surface area contributed by atoms with E-state index in [4.69, 9.17) is 9.47 Å². The van der Waals surface area contributed by atoms with Crippen molar-refractivity contribution in [1.29, 1.82) is 0 Å². The molecule has 5 heteroatoms. The smallest absolute Gasteiger partial charge is 0.356 e. The second-order valence-electron chi connectivity index (χ2n) is 4.77. The Hall–Kier alpha value is -0.710. The lowest BCUT2D eigenvalue weighted by molar-refractivity contribution is -0.153. The summed E-state index contributed by atoms with van der Waals surface area (Å²) < 4.78 is 10.00. The first-order chi connectivity index (χ1) is 8.59. The first-order valence-corrected chi connectivity index (χ1v) is 8.29. The van der Waals surface area contributed by atoms with E-state index in [2.05, 4.69) is 0 Å². The van der Waals surface area contributed by atoms with Crippen LogP contribution in [-0.2, 0) is 30.0 Å². The molecule has 104 valence electrons. The van der Waals surface area contributed by atoms with Gasteiger partial charge in [0.05, 0.1) is 5.92 Å². The minimum Gasteiger partial charge on any atom is -0.462 e. The van der Waals surface area contributed by atoms with Crippen LogP contribution in [0.3, 0.4) is 0 Å². The molecule has 0 atom stereocenters. The summed E-state index contributed by atoms with van der Waals surface area (Å²) in [5.41, 5.74) is 0. The van der Waals surface area contributed by atoms with Gasteiger partial charge >= 0.3 is 11.9 Å². The third kappa shape index (κ3) is 6.28. The molecule has 0 aromatic carbocycles. The van der Waals surface area contributed by atoms with Crippen LogP contribution in [0.1, 0.15) is 33.1 Å². The molecular weight excluding hydrogens is 252 g/mol. The minimum atomic E-state index is -0.250. The Labute approximate surface area is 112 Å². The second-order valence-corrected chi connectivity index (χ2v) is 7.10. The van der Waals surface area contributed by atoms with E-state index in [0.29, 0.717) is 5.75 Å². The lowest BCUT2D eigenvalue weighted by atomic mass is 10.2. The zero-order valence-electron chi connectivity index (χ0n) is 11.3. The fourth-order valence-corrected chi connectivity index (χ4v) is 3.84. The van der Waals surface area contributed by atoms with Gasteiger partial charge in [-0.25, -0.2) is 4.79 Å². The standard InChI is InChI=1S/C13H23O4S/c1-11(2)13(15)17-7-6-16-12(14)10-18-8-4-3-5-9-18/h11H,3-10H2,1-2H3/q+1. The average molecular weight is 275 g/mol. The van der Waals surface area contributed by atoms with E-state index < -0.39 is 0 Å². The number of rotatable bonds is 6. The summed E-state index contributed by atoms with van der Waals surface area (Å²) in [6.07, 6.45) is 3.77. The molecule has 0 saturated carbocycles. The summed E-state index contributed by atoms with van der Waals surface area (Å²) >= 11 is 0. The Morgan fingerprint density at radius 1 is 1.06 bits per heavy atom. The van der Waals surface area contributed by atoms with Crippen molar-refractivity contribution < 1.29 is 19.1 Å². The molecule has 1 heterocycles. The van der Waals surface area contributed by atoms with Crippen LogP contribution < -0.4 is 0 Å². The maximum Gasteiger partial charge on any atom is 0.356 e. The van der Waals surface area contributed by atoms with Gasteiger partial charge in [-0.2, -0.15) is 0 Å². The summed E-state index contributed by atoms with van der Waals surface area (Å²) in [5, 5.41) is 0. The Kier molecular flexibility index (Phi) is 7.16. The molecule has 1 aliphatic heterocycles. The maximum absolute atomic E-state index is 11.5. The van der Waals surface area contributed by atoms with Crippen LogP contribution in [0, 0.1) is 5.92 Å². The Balaban J connectivity index is 2.04. The van der Waals surface area contributed by atoms with Crippen molar-refractivity contribution >= 4 is 22.8 Å². The summed E-state index contributed by atoms with van der Waals surface area (Å²) in [4.78, 5) is 22.7. The van der Waals surface area contributed by atoms with Gasteiger partial charge in [0.2, 0.25) is 5.75 Å². The van der Waals surface area contributed by atoms with E-state index in [0.717, 1.165) is 11.5 Å². The molecule has 0 bridgehead atoms. The van der Waals surface area contributed by atoms with Crippen molar-refractivity contribution in [1.82, 2.24) is 0 Å². The molecule has 0 aliphatic carbocycles. The van der Waals surface area contributed by atoms with E-state index in [1.165, 1.54) is 19.3 Å². The van der Waals surface area contributed by atoms with Crippen molar-refractivity contribution in [3.8, 4) is 0 Å². The van der Waals surface area contributed by atoms with E-state index in [1.54, 1.807) is 13.8 Å². The molecule has 0 spiro atoms. The van der Waals surface area contributed by atoms with Crippen LogP contribution in [0.2, 0.25) is 0 Å². The van der Waals surface area contributed by atoms with Gasteiger partial charge in [0, 0.05) is 0 Å². The molecular formula is C13H23O4S+. The highest BCUT2D eigenvalue weighted by Crippen LogP contribution is 2.13. The topological polar surface area (TPSA) is 52.6 Å². The quantitative estimate of drug-likeness (QED) is 0.419. The fraction of sp³-hybridized carbons (Fsp3) is 0.846. The van der Waals surface area contributed by atoms with Crippen molar-refractivity contribution in [3.05, 3.63) is 0 Å². The Bertz CT molecular complexity index is 272. The highest BCUT2D eigenvalue weighted by Gasteiger charge is 2.25. The van der Waals surface area contributed by atoms with Crippen molar-refractivity contribution in [2.45, 2.75) is 33.1 Å². The van der Waals surface area contributed by atoms with Crippen molar-refractivity contribution in [2.24, 2.45) is 5.92 Å². The number of ether oxygens (including phenoxy) is 2. The third-order valence-electron chi connectivity index (χ3n) is 2.75. The first kappa shape index (κ1) is 15.3. The number of carbonyl (C=O) groups is 2. The van der Waals surface area contributed by atoms with E-state index in [1.807, 2.05) is 0 Å². The lowest BCUT2D eigenvalue weighted by Gasteiger charge is -2.13. The SMILES string of the molecule is CC(C)C(=O)OCCOC(=O)C[S+]1CCCCC1. The van der Waals surface area contributed by atoms with E-state index in [-0.39, 0.29) is 42.0 Å². The molecule has 1 aliphatic rings. The van der Waals surface area contributed by atoms with Gasteiger partial charge in [-0.3, -0.25) is 4.79 Å². The van der Waals surface area contributed by atoms with Crippen LogP contribution >= 0.6 is 0 Å². The van der Waals surface area contributed by atoms with Gasteiger partial charge in [-0.05, 0) is 30.2 Å². The van der Waals surface area contributed by atoms with Crippen LogP contribution in [-0.4, -0.2) is 42.4 Å². The first-order valence-electron chi connectivity index (χ1n) is 6.56. The molecule has 0 amide bonds. The van der Waals surface area contributed by atoms with Gasteiger partial charge < -0.3 is 9.47 Å². The fourth-order valence-electron chi connectivity index (χ4n) is 1.71. The van der Waals surface area contributed by atoms with Gasteiger partial charge in [-0.1, -0.05) is 13.8 Å². The second kappa shape index (κ2) is 8.40. The van der Waals surface area contributed by atoms with Gasteiger partial charge in [0.25, 0.3) is 0 Å². The molecule has 0 aromatic heterocycles. The molecule has 0 N–H and O–H groups in total. The van der Waals surface area contributed by atoms with Crippen LogP contribution in [0.25, 0.3) is 0 Å². The molecule has 0 unspecified atom stereocenters. The molecule has 1 rings (SSSR count). The maximum atomic E-state index is 11.5. The Morgan fingerprint density at radius 2 is 1.67 bits per heavy atom. The number of esters is 2. The number of hydrogen-bond acceptors (Lipinski definition) is 4. The molecule has 4 nitrogen and oxygen atoms in total. The van der Waals surface area contributed by atoms with Gasteiger partial charge in [0.15, 0.2) is 0 Å². The molecule has 0 radical (unpaired) electrons. The number of hydrogen-bond donors (Lipinski definition) is 0. The molecule has 0 aromatic rings.